The lowest BCUT2D eigenvalue weighted by Gasteiger charge is -2.00. The van der Waals surface area contributed by atoms with E-state index in [1.165, 1.54) is 0 Å². The molecule has 0 radical (unpaired) electrons. The highest BCUT2D eigenvalue weighted by Gasteiger charge is 2.02. The lowest BCUT2D eigenvalue weighted by Crippen LogP contribution is -2.11. The van der Waals surface area contributed by atoms with Crippen LogP contribution in [-0.2, 0) is 0 Å². The summed E-state index contributed by atoms with van der Waals surface area (Å²) in [4.78, 5) is 15.1. The van der Waals surface area contributed by atoms with Gasteiger partial charge in [-0.3, -0.25) is 9.78 Å². The third-order valence-electron chi connectivity index (χ3n) is 2.53. The average Bonchev–Trinajstić information content (AvgIpc) is 2.38. The molecule has 0 bridgehead atoms. The van der Waals surface area contributed by atoms with Crippen molar-refractivity contribution in [2.45, 2.75) is 6.92 Å². The van der Waals surface area contributed by atoms with Crippen molar-refractivity contribution >= 4 is 5.91 Å². The Morgan fingerprint density at radius 2 is 2.11 bits per heavy atom. The van der Waals surface area contributed by atoms with Gasteiger partial charge in [0, 0.05) is 29.1 Å². The molecule has 0 saturated carbocycles. The topological polar surface area (TPSA) is 56.0 Å². The molecule has 1 aromatic heterocycles. The molecule has 0 unspecified atom stereocenters. The number of carbonyl (C=O) groups excluding carboxylic acids is 1. The van der Waals surface area contributed by atoms with Gasteiger partial charge in [0.2, 0.25) is 5.91 Å². The Labute approximate surface area is 106 Å². The zero-order valence-corrected chi connectivity index (χ0v) is 9.97. The van der Waals surface area contributed by atoms with E-state index in [2.05, 4.69) is 16.8 Å². The van der Waals surface area contributed by atoms with Gasteiger partial charge in [-0.05, 0) is 36.8 Å². The Hall–Kier alpha value is -2.60. The van der Waals surface area contributed by atoms with Gasteiger partial charge in [-0.1, -0.05) is 17.9 Å². The molecule has 1 heterocycles. The number of pyridine rings is 1. The highest BCUT2D eigenvalue weighted by molar-refractivity contribution is 5.93. The van der Waals surface area contributed by atoms with Crippen molar-refractivity contribution in [1.82, 2.24) is 4.98 Å². The predicted molar refractivity (Wildman–Crippen MR) is 69.9 cm³/mol. The van der Waals surface area contributed by atoms with E-state index in [9.17, 15) is 4.79 Å². The molecule has 0 fully saturated rings. The summed E-state index contributed by atoms with van der Waals surface area (Å²) in [7, 11) is 0. The minimum atomic E-state index is -0.445. The summed E-state index contributed by atoms with van der Waals surface area (Å²) in [6.07, 6.45) is 3.39. The quantitative estimate of drug-likeness (QED) is 0.769. The molecule has 2 N–H and O–H groups in total. The first-order valence-electron chi connectivity index (χ1n) is 5.49. The van der Waals surface area contributed by atoms with Gasteiger partial charge in [0.1, 0.15) is 0 Å². The standard InChI is InChI=1S/C15H12N2O/c1-11-4-6-14(15(16)18)9-13(11)7-5-12-3-2-8-17-10-12/h2-4,6,8-10H,1H3,(H2,16,18). The highest BCUT2D eigenvalue weighted by atomic mass is 16.1. The molecule has 88 valence electrons. The number of hydrogen-bond acceptors (Lipinski definition) is 2. The Morgan fingerprint density at radius 3 is 2.78 bits per heavy atom. The molecule has 1 aromatic carbocycles. The molecule has 2 aromatic rings. The highest BCUT2D eigenvalue weighted by Crippen LogP contribution is 2.10. The van der Waals surface area contributed by atoms with E-state index >= 15 is 0 Å². The third-order valence-corrected chi connectivity index (χ3v) is 2.53. The smallest absolute Gasteiger partial charge is 0.248 e. The Balaban J connectivity index is 2.38. The van der Waals surface area contributed by atoms with Gasteiger partial charge in [-0.2, -0.15) is 0 Å². The fourth-order valence-corrected chi connectivity index (χ4v) is 1.49. The first-order chi connectivity index (χ1) is 8.66. The molecule has 0 saturated heterocycles. The van der Waals surface area contributed by atoms with Crippen LogP contribution in [0, 0.1) is 18.8 Å². The second-order valence-electron chi connectivity index (χ2n) is 3.89. The first kappa shape index (κ1) is 11.9. The maximum absolute atomic E-state index is 11.1. The Kier molecular flexibility index (Phi) is 3.40. The number of rotatable bonds is 1. The van der Waals surface area contributed by atoms with Gasteiger partial charge in [0.05, 0.1) is 0 Å². The summed E-state index contributed by atoms with van der Waals surface area (Å²) in [5, 5.41) is 0. The Morgan fingerprint density at radius 1 is 1.28 bits per heavy atom. The number of hydrogen-bond donors (Lipinski definition) is 1. The maximum Gasteiger partial charge on any atom is 0.248 e. The third kappa shape index (κ3) is 2.74. The molecule has 18 heavy (non-hydrogen) atoms. The molecule has 0 aliphatic rings. The van der Waals surface area contributed by atoms with E-state index in [1.54, 1.807) is 24.5 Å². The summed E-state index contributed by atoms with van der Waals surface area (Å²) >= 11 is 0. The first-order valence-corrected chi connectivity index (χ1v) is 5.49. The second kappa shape index (κ2) is 5.15. The fourth-order valence-electron chi connectivity index (χ4n) is 1.49. The van der Waals surface area contributed by atoms with Crippen LogP contribution in [-0.4, -0.2) is 10.9 Å². The van der Waals surface area contributed by atoms with E-state index in [0.717, 1.165) is 16.7 Å². The average molecular weight is 236 g/mol. The molecule has 0 atom stereocenters. The number of carbonyl (C=O) groups is 1. The largest absolute Gasteiger partial charge is 0.366 e. The summed E-state index contributed by atoms with van der Waals surface area (Å²) in [6, 6.07) is 8.96. The van der Waals surface area contributed by atoms with Crippen molar-refractivity contribution in [3.05, 3.63) is 65.0 Å². The van der Waals surface area contributed by atoms with Crippen molar-refractivity contribution < 1.29 is 4.79 Å². The molecule has 2 rings (SSSR count). The maximum atomic E-state index is 11.1. The van der Waals surface area contributed by atoms with Crippen LogP contribution in [0.5, 0.6) is 0 Å². The minimum absolute atomic E-state index is 0.445. The lowest BCUT2D eigenvalue weighted by atomic mass is 10.0. The van der Waals surface area contributed by atoms with E-state index in [-0.39, 0.29) is 0 Å². The monoisotopic (exact) mass is 236 g/mol. The summed E-state index contributed by atoms with van der Waals surface area (Å²) < 4.78 is 0. The van der Waals surface area contributed by atoms with Crippen molar-refractivity contribution in [2.24, 2.45) is 5.73 Å². The summed E-state index contributed by atoms with van der Waals surface area (Å²) in [6.45, 7) is 1.94. The zero-order valence-electron chi connectivity index (χ0n) is 9.97. The van der Waals surface area contributed by atoms with Crippen LogP contribution in [0.15, 0.2) is 42.7 Å². The van der Waals surface area contributed by atoms with Crippen LogP contribution in [0.2, 0.25) is 0 Å². The molecule has 1 amide bonds. The zero-order chi connectivity index (χ0) is 13.0. The van der Waals surface area contributed by atoms with Gasteiger partial charge < -0.3 is 5.73 Å². The van der Waals surface area contributed by atoms with Gasteiger partial charge in [-0.25, -0.2) is 0 Å². The predicted octanol–water partition coefficient (Wildman–Crippen LogP) is 1.89. The number of aromatic nitrogens is 1. The van der Waals surface area contributed by atoms with E-state index in [4.69, 9.17) is 5.73 Å². The Bertz CT molecular complexity index is 637. The van der Waals surface area contributed by atoms with Crippen LogP contribution in [0.25, 0.3) is 0 Å². The van der Waals surface area contributed by atoms with Crippen LogP contribution in [0.1, 0.15) is 27.0 Å². The van der Waals surface area contributed by atoms with E-state index in [0.29, 0.717) is 5.56 Å². The number of aryl methyl sites for hydroxylation is 1. The van der Waals surface area contributed by atoms with Crippen LogP contribution in [0.4, 0.5) is 0 Å². The van der Waals surface area contributed by atoms with Crippen molar-refractivity contribution in [3.8, 4) is 11.8 Å². The van der Waals surface area contributed by atoms with Crippen LogP contribution >= 0.6 is 0 Å². The van der Waals surface area contributed by atoms with Gasteiger partial charge in [-0.15, -0.1) is 0 Å². The van der Waals surface area contributed by atoms with Gasteiger partial charge >= 0.3 is 0 Å². The van der Waals surface area contributed by atoms with E-state index in [1.807, 2.05) is 25.1 Å². The van der Waals surface area contributed by atoms with Crippen molar-refractivity contribution in [1.29, 1.82) is 0 Å². The summed E-state index contributed by atoms with van der Waals surface area (Å²) in [5.74, 6) is 5.59. The number of benzene rings is 1. The van der Waals surface area contributed by atoms with Gasteiger partial charge in [0.25, 0.3) is 0 Å². The molecule has 0 aliphatic heterocycles. The normalized spacial score (nSPS) is 9.39. The molecule has 3 nitrogen and oxygen atoms in total. The number of primary amides is 1. The van der Waals surface area contributed by atoms with Crippen LogP contribution in [0.3, 0.4) is 0 Å². The minimum Gasteiger partial charge on any atom is -0.366 e. The number of nitrogens with zero attached hydrogens (tertiary/aromatic N) is 1. The van der Waals surface area contributed by atoms with E-state index < -0.39 is 5.91 Å². The van der Waals surface area contributed by atoms with Crippen molar-refractivity contribution in [2.75, 3.05) is 0 Å². The molecule has 0 spiro atoms. The molecular weight excluding hydrogens is 224 g/mol. The SMILES string of the molecule is Cc1ccc(C(N)=O)cc1C#Cc1cccnc1. The molecule has 0 aliphatic carbocycles. The van der Waals surface area contributed by atoms with Crippen LogP contribution < -0.4 is 5.73 Å². The fraction of sp³-hybridized carbons (Fsp3) is 0.0667. The summed E-state index contributed by atoms with van der Waals surface area (Å²) in [5.41, 5.74) is 8.36. The second-order valence-corrected chi connectivity index (χ2v) is 3.89. The number of amides is 1. The molecule has 3 heteroatoms. The number of nitrogens with two attached hydrogens (primary N) is 1. The lowest BCUT2D eigenvalue weighted by molar-refractivity contribution is 0.100. The van der Waals surface area contributed by atoms with Crippen molar-refractivity contribution in [3.63, 3.8) is 0 Å². The van der Waals surface area contributed by atoms with Gasteiger partial charge in [0.15, 0.2) is 0 Å². The molecular formula is C15H12N2O.